The second kappa shape index (κ2) is 4.19. The molecular weight excluding hydrogens is 172 g/mol. The molecule has 2 N–H and O–H groups in total. The highest BCUT2D eigenvalue weighted by Crippen LogP contribution is 2.27. The molecule has 1 aliphatic heterocycles. The normalized spacial score (nSPS) is 24.2. The van der Waals surface area contributed by atoms with Gasteiger partial charge in [0.1, 0.15) is 0 Å². The second-order valence-corrected chi connectivity index (χ2v) is 6.46. The molecule has 84 valence electrons. The van der Waals surface area contributed by atoms with Crippen LogP contribution in [-0.4, -0.2) is 24.7 Å². The number of rotatable bonds is 3. The topological polar surface area (TPSA) is 24.1 Å². The molecule has 0 bridgehead atoms. The van der Waals surface area contributed by atoms with Gasteiger partial charge in [-0.25, -0.2) is 0 Å². The maximum absolute atomic E-state index is 3.75. The lowest BCUT2D eigenvalue weighted by Gasteiger charge is -2.35. The fourth-order valence-corrected chi connectivity index (χ4v) is 2.71. The molecule has 1 unspecified atom stereocenters. The Balaban J connectivity index is 2.40. The lowest BCUT2D eigenvalue weighted by molar-refractivity contribution is 0.226. The van der Waals surface area contributed by atoms with Crippen LogP contribution in [0.5, 0.6) is 0 Å². The Hall–Kier alpha value is -0.0800. The Bertz CT molecular complexity index is 173. The van der Waals surface area contributed by atoms with E-state index in [1.165, 1.54) is 19.4 Å². The minimum absolute atomic E-state index is 0.259. The Morgan fingerprint density at radius 1 is 1.21 bits per heavy atom. The molecule has 1 fully saturated rings. The highest BCUT2D eigenvalue weighted by Gasteiger charge is 2.28. The van der Waals surface area contributed by atoms with Gasteiger partial charge >= 0.3 is 0 Å². The zero-order valence-electron chi connectivity index (χ0n) is 10.4. The molecule has 1 atom stereocenters. The Morgan fingerprint density at radius 2 is 1.86 bits per heavy atom. The third-order valence-electron chi connectivity index (χ3n) is 2.63. The van der Waals surface area contributed by atoms with Gasteiger partial charge in [-0.15, -0.1) is 0 Å². The molecule has 1 aliphatic rings. The number of hydrogen-bond acceptors (Lipinski definition) is 2. The standard InChI is InChI=1S/C12H26N2/c1-11(2,3)9-12(4,5)14-10-6-7-13-8-10/h10,13-14H,6-9H2,1-5H3. The molecule has 0 radical (unpaired) electrons. The first-order valence-electron chi connectivity index (χ1n) is 5.77. The largest absolute Gasteiger partial charge is 0.315 e. The molecule has 0 aromatic rings. The average Bonchev–Trinajstić information content (AvgIpc) is 2.31. The molecule has 0 aromatic carbocycles. The molecular formula is C12H26N2. The summed E-state index contributed by atoms with van der Waals surface area (Å²) < 4.78 is 0. The summed E-state index contributed by atoms with van der Waals surface area (Å²) in [7, 11) is 0. The van der Waals surface area contributed by atoms with Gasteiger partial charge in [0.25, 0.3) is 0 Å². The lowest BCUT2D eigenvalue weighted by Crippen LogP contribution is -2.48. The third-order valence-corrected chi connectivity index (χ3v) is 2.63. The van der Waals surface area contributed by atoms with Crippen molar-refractivity contribution in [2.45, 2.75) is 59.0 Å². The molecule has 1 saturated heterocycles. The van der Waals surface area contributed by atoms with Gasteiger partial charge in [-0.1, -0.05) is 20.8 Å². The van der Waals surface area contributed by atoms with Crippen LogP contribution in [0.3, 0.4) is 0 Å². The zero-order valence-corrected chi connectivity index (χ0v) is 10.4. The summed E-state index contributed by atoms with van der Waals surface area (Å²) in [6, 6.07) is 0.673. The van der Waals surface area contributed by atoms with E-state index in [1.54, 1.807) is 0 Å². The molecule has 1 heterocycles. The van der Waals surface area contributed by atoms with Crippen LogP contribution in [0.25, 0.3) is 0 Å². The van der Waals surface area contributed by atoms with Crippen LogP contribution < -0.4 is 10.6 Å². The number of nitrogens with one attached hydrogen (secondary N) is 2. The van der Waals surface area contributed by atoms with Crippen LogP contribution in [0.2, 0.25) is 0 Å². The molecule has 2 nitrogen and oxygen atoms in total. The Kier molecular flexibility index (Phi) is 3.59. The predicted octanol–water partition coefficient (Wildman–Crippen LogP) is 2.15. The van der Waals surface area contributed by atoms with Gasteiger partial charge in [-0.3, -0.25) is 0 Å². The lowest BCUT2D eigenvalue weighted by atomic mass is 9.81. The van der Waals surface area contributed by atoms with E-state index in [2.05, 4.69) is 45.3 Å². The first-order valence-corrected chi connectivity index (χ1v) is 5.77. The zero-order chi connectivity index (χ0) is 10.8. The first-order chi connectivity index (χ1) is 6.29. The van der Waals surface area contributed by atoms with E-state index in [1.807, 2.05) is 0 Å². The summed E-state index contributed by atoms with van der Waals surface area (Å²) in [5, 5.41) is 7.14. The van der Waals surface area contributed by atoms with E-state index in [0.29, 0.717) is 11.5 Å². The van der Waals surface area contributed by atoms with Gasteiger partial charge in [0.05, 0.1) is 0 Å². The van der Waals surface area contributed by atoms with Crippen LogP contribution in [-0.2, 0) is 0 Å². The van der Waals surface area contributed by atoms with Crippen molar-refractivity contribution in [3.05, 3.63) is 0 Å². The van der Waals surface area contributed by atoms with Crippen molar-refractivity contribution in [2.75, 3.05) is 13.1 Å². The molecule has 0 amide bonds. The van der Waals surface area contributed by atoms with Crippen LogP contribution in [0.15, 0.2) is 0 Å². The molecule has 0 aromatic heterocycles. The minimum atomic E-state index is 0.259. The van der Waals surface area contributed by atoms with Crippen LogP contribution >= 0.6 is 0 Å². The molecule has 2 heteroatoms. The first kappa shape index (κ1) is 12.0. The van der Waals surface area contributed by atoms with Gasteiger partial charge in [0, 0.05) is 18.1 Å². The molecule has 0 spiro atoms. The van der Waals surface area contributed by atoms with E-state index in [4.69, 9.17) is 0 Å². The smallest absolute Gasteiger partial charge is 0.0209 e. The van der Waals surface area contributed by atoms with Crippen molar-refractivity contribution in [2.24, 2.45) is 5.41 Å². The third kappa shape index (κ3) is 4.43. The van der Waals surface area contributed by atoms with Gasteiger partial charge < -0.3 is 10.6 Å². The minimum Gasteiger partial charge on any atom is -0.315 e. The summed E-state index contributed by atoms with van der Waals surface area (Å²) in [6.45, 7) is 13.9. The van der Waals surface area contributed by atoms with E-state index >= 15 is 0 Å². The predicted molar refractivity (Wildman–Crippen MR) is 62.6 cm³/mol. The van der Waals surface area contributed by atoms with Crippen LogP contribution in [0.4, 0.5) is 0 Å². The summed E-state index contributed by atoms with van der Waals surface area (Å²) >= 11 is 0. The summed E-state index contributed by atoms with van der Waals surface area (Å²) in [5.41, 5.74) is 0.664. The SMILES string of the molecule is CC(C)(C)CC(C)(C)NC1CCNC1. The highest BCUT2D eigenvalue weighted by molar-refractivity contribution is 4.89. The molecule has 1 rings (SSSR count). The van der Waals surface area contributed by atoms with E-state index < -0.39 is 0 Å². The van der Waals surface area contributed by atoms with Crippen molar-refractivity contribution in [3.63, 3.8) is 0 Å². The van der Waals surface area contributed by atoms with E-state index in [0.717, 1.165) is 6.54 Å². The fourth-order valence-electron chi connectivity index (χ4n) is 2.71. The Labute approximate surface area is 88.8 Å². The molecule has 0 aliphatic carbocycles. The van der Waals surface area contributed by atoms with Gasteiger partial charge in [0.15, 0.2) is 0 Å². The monoisotopic (exact) mass is 198 g/mol. The summed E-state index contributed by atoms with van der Waals surface area (Å²) in [6.07, 6.45) is 2.49. The van der Waals surface area contributed by atoms with Crippen molar-refractivity contribution >= 4 is 0 Å². The van der Waals surface area contributed by atoms with Gasteiger partial charge in [-0.05, 0) is 38.6 Å². The maximum atomic E-state index is 3.75. The van der Waals surface area contributed by atoms with Crippen molar-refractivity contribution in [3.8, 4) is 0 Å². The molecule has 14 heavy (non-hydrogen) atoms. The number of hydrogen-bond donors (Lipinski definition) is 2. The van der Waals surface area contributed by atoms with Gasteiger partial charge in [0.2, 0.25) is 0 Å². The van der Waals surface area contributed by atoms with Crippen molar-refractivity contribution < 1.29 is 0 Å². The van der Waals surface area contributed by atoms with Crippen molar-refractivity contribution in [1.82, 2.24) is 10.6 Å². The average molecular weight is 198 g/mol. The summed E-state index contributed by atoms with van der Waals surface area (Å²) in [4.78, 5) is 0. The van der Waals surface area contributed by atoms with Gasteiger partial charge in [-0.2, -0.15) is 0 Å². The maximum Gasteiger partial charge on any atom is 0.0209 e. The highest BCUT2D eigenvalue weighted by atomic mass is 15.1. The second-order valence-electron chi connectivity index (χ2n) is 6.46. The van der Waals surface area contributed by atoms with E-state index in [-0.39, 0.29) is 5.54 Å². The van der Waals surface area contributed by atoms with Crippen molar-refractivity contribution in [1.29, 1.82) is 0 Å². The summed E-state index contributed by atoms with van der Waals surface area (Å²) in [5.74, 6) is 0. The Morgan fingerprint density at radius 3 is 2.29 bits per heavy atom. The van der Waals surface area contributed by atoms with Crippen LogP contribution in [0.1, 0.15) is 47.5 Å². The van der Waals surface area contributed by atoms with E-state index in [9.17, 15) is 0 Å². The quantitative estimate of drug-likeness (QED) is 0.726. The molecule has 0 saturated carbocycles. The fraction of sp³-hybridized carbons (Fsp3) is 1.00. The van der Waals surface area contributed by atoms with Crippen LogP contribution in [0, 0.1) is 5.41 Å².